The number of rotatable bonds is 7. The van der Waals surface area contributed by atoms with Gasteiger partial charge in [-0.2, -0.15) is 0 Å². The molecule has 0 spiro atoms. The van der Waals surface area contributed by atoms with E-state index in [4.69, 9.17) is 14.3 Å². The third-order valence-electron chi connectivity index (χ3n) is 4.03. The number of hydrogen-bond donors (Lipinski definition) is 1. The summed E-state index contributed by atoms with van der Waals surface area (Å²) in [6.07, 6.45) is 1.31. The number of hydrogen-bond acceptors (Lipinski definition) is 4. The summed E-state index contributed by atoms with van der Waals surface area (Å²) >= 11 is 0. The van der Waals surface area contributed by atoms with Crippen LogP contribution in [0.4, 0.5) is 0 Å². The van der Waals surface area contributed by atoms with Crippen molar-refractivity contribution in [2.24, 2.45) is 0 Å². The summed E-state index contributed by atoms with van der Waals surface area (Å²) < 4.78 is 11.4. The Morgan fingerprint density at radius 3 is 2.50 bits per heavy atom. The van der Waals surface area contributed by atoms with E-state index in [-0.39, 0.29) is 17.6 Å². The van der Waals surface area contributed by atoms with Gasteiger partial charge in [0.2, 0.25) is 8.32 Å². The van der Waals surface area contributed by atoms with E-state index in [9.17, 15) is 4.79 Å². The minimum Gasteiger partial charge on any atom is -0.543 e. The molecule has 0 saturated heterocycles. The molecule has 0 atom stereocenters. The van der Waals surface area contributed by atoms with Gasteiger partial charge in [-0.1, -0.05) is 26.8 Å². The zero-order valence-corrected chi connectivity index (χ0v) is 15.3. The lowest BCUT2D eigenvalue weighted by molar-refractivity contribution is 0.0492. The summed E-state index contributed by atoms with van der Waals surface area (Å²) in [6.45, 7) is 11.3. The third-order valence-corrected chi connectivity index (χ3v) is 8.39. The lowest BCUT2D eigenvalue weighted by Crippen LogP contribution is -2.43. The van der Waals surface area contributed by atoms with Crippen molar-refractivity contribution >= 4 is 14.3 Å². The maximum absolute atomic E-state index is 12.0. The Morgan fingerprint density at radius 2 is 1.91 bits per heavy atom. The molecule has 0 aliphatic carbocycles. The minimum atomic E-state index is -1.92. The molecule has 0 aliphatic heterocycles. The molecule has 1 rings (SSSR count). The molecule has 0 aromatic heterocycles. The first-order valence-electron chi connectivity index (χ1n) is 7.74. The van der Waals surface area contributed by atoms with Gasteiger partial charge in [-0.3, -0.25) is 0 Å². The Bertz CT molecular complexity index is 492. The predicted molar refractivity (Wildman–Crippen MR) is 90.9 cm³/mol. The fraction of sp³-hybridized carbons (Fsp3) is 0.588. The highest BCUT2D eigenvalue weighted by Gasteiger charge is 2.39. The van der Waals surface area contributed by atoms with Gasteiger partial charge in [0.15, 0.2) is 0 Å². The van der Waals surface area contributed by atoms with E-state index < -0.39 is 8.32 Å². The zero-order valence-electron chi connectivity index (χ0n) is 14.3. The molecule has 0 amide bonds. The highest BCUT2D eigenvalue weighted by atomic mass is 28.4. The molecule has 0 bridgehead atoms. The highest BCUT2D eigenvalue weighted by molar-refractivity contribution is 6.74. The van der Waals surface area contributed by atoms with Gasteiger partial charge in [0.1, 0.15) is 5.75 Å². The Balaban J connectivity index is 2.72. The van der Waals surface area contributed by atoms with E-state index in [2.05, 4.69) is 33.9 Å². The van der Waals surface area contributed by atoms with Crippen LogP contribution in [0.1, 0.15) is 44.0 Å². The van der Waals surface area contributed by atoms with Crippen molar-refractivity contribution in [3.63, 3.8) is 0 Å². The molecule has 0 saturated carbocycles. The van der Waals surface area contributed by atoms with Crippen molar-refractivity contribution in [1.29, 1.82) is 0 Å². The van der Waals surface area contributed by atoms with Crippen molar-refractivity contribution in [3.8, 4) is 5.75 Å². The smallest absolute Gasteiger partial charge is 0.338 e. The number of aliphatic hydroxyl groups is 1. The second-order valence-electron chi connectivity index (χ2n) is 6.96. The number of carbonyl (C=O) groups excluding carboxylic acids is 1. The highest BCUT2D eigenvalue weighted by Crippen LogP contribution is 2.37. The molecular formula is C17H28O4Si. The fourth-order valence-electron chi connectivity index (χ4n) is 1.60. The van der Waals surface area contributed by atoms with Crippen molar-refractivity contribution in [2.75, 3.05) is 13.2 Å². The maximum atomic E-state index is 12.0. The predicted octanol–water partition coefficient (Wildman–Crippen LogP) is 4.00. The molecule has 124 valence electrons. The van der Waals surface area contributed by atoms with Crippen LogP contribution in [-0.4, -0.2) is 32.6 Å². The van der Waals surface area contributed by atoms with Gasteiger partial charge < -0.3 is 14.3 Å². The van der Waals surface area contributed by atoms with Gasteiger partial charge in [0.25, 0.3) is 0 Å². The van der Waals surface area contributed by atoms with Gasteiger partial charge in [-0.25, -0.2) is 4.79 Å². The monoisotopic (exact) mass is 324 g/mol. The van der Waals surface area contributed by atoms with Crippen molar-refractivity contribution < 1.29 is 19.1 Å². The number of esters is 1. The third kappa shape index (κ3) is 5.46. The minimum absolute atomic E-state index is 0.105. The zero-order chi connectivity index (χ0) is 16.8. The van der Waals surface area contributed by atoms with Crippen LogP contribution in [0, 0.1) is 0 Å². The Kier molecular flexibility index (Phi) is 6.62. The summed E-state index contributed by atoms with van der Waals surface area (Å²) in [4.78, 5) is 12.0. The lowest BCUT2D eigenvalue weighted by Gasteiger charge is -2.36. The second-order valence-corrected chi connectivity index (χ2v) is 11.7. The molecule has 1 N–H and O–H groups in total. The number of ether oxygens (including phenoxy) is 1. The van der Waals surface area contributed by atoms with Gasteiger partial charge in [-0.15, -0.1) is 0 Å². The van der Waals surface area contributed by atoms with Crippen LogP contribution in [0.2, 0.25) is 18.1 Å². The van der Waals surface area contributed by atoms with E-state index in [1.54, 1.807) is 12.1 Å². The van der Waals surface area contributed by atoms with E-state index in [1.165, 1.54) is 0 Å². The van der Waals surface area contributed by atoms with Gasteiger partial charge in [0, 0.05) is 6.61 Å². The quantitative estimate of drug-likeness (QED) is 0.468. The topological polar surface area (TPSA) is 55.8 Å². The largest absolute Gasteiger partial charge is 0.543 e. The van der Waals surface area contributed by atoms with Crippen LogP contribution in [0.5, 0.6) is 5.75 Å². The Hall–Kier alpha value is -1.33. The Morgan fingerprint density at radius 1 is 1.23 bits per heavy atom. The van der Waals surface area contributed by atoms with Crippen molar-refractivity contribution in [2.45, 2.75) is 51.7 Å². The molecule has 4 nitrogen and oxygen atoms in total. The van der Waals surface area contributed by atoms with Crippen LogP contribution >= 0.6 is 0 Å². The molecule has 1 aromatic rings. The van der Waals surface area contributed by atoms with E-state index in [0.29, 0.717) is 25.0 Å². The molecule has 22 heavy (non-hydrogen) atoms. The normalized spacial score (nSPS) is 12.1. The second kappa shape index (κ2) is 7.79. The summed E-state index contributed by atoms with van der Waals surface area (Å²) in [5, 5.41) is 8.81. The van der Waals surface area contributed by atoms with Crippen molar-refractivity contribution in [3.05, 3.63) is 29.8 Å². The maximum Gasteiger partial charge on any atom is 0.338 e. The Labute approximate surface area is 134 Å². The molecule has 5 heteroatoms. The molecule has 0 unspecified atom stereocenters. The molecule has 0 heterocycles. The number of aliphatic hydroxyl groups excluding tert-OH is 1. The lowest BCUT2D eigenvalue weighted by atomic mass is 10.2. The molecule has 0 radical (unpaired) electrons. The molecule has 0 aliphatic rings. The summed E-state index contributed by atoms with van der Waals surface area (Å²) in [7, 11) is -1.92. The fourth-order valence-corrected chi connectivity index (χ4v) is 2.62. The molecular weight excluding hydrogens is 296 g/mol. The van der Waals surface area contributed by atoms with Gasteiger partial charge in [-0.05, 0) is 49.2 Å². The summed E-state index contributed by atoms with van der Waals surface area (Å²) in [6, 6.07) is 7.16. The SMILES string of the molecule is CC(C)(C)[Si](C)(C)Oc1cccc(C(=O)OCCCCO)c1. The number of carbonyl (C=O) groups is 1. The van der Waals surface area contributed by atoms with Crippen LogP contribution < -0.4 is 4.43 Å². The van der Waals surface area contributed by atoms with Gasteiger partial charge in [0.05, 0.1) is 12.2 Å². The summed E-state index contributed by atoms with van der Waals surface area (Å²) in [5.41, 5.74) is 0.500. The van der Waals surface area contributed by atoms with Crippen LogP contribution in [0.25, 0.3) is 0 Å². The standard InChI is InChI=1S/C17H28O4Si/c1-17(2,3)22(4,5)21-15-10-8-9-14(13-15)16(19)20-12-7-6-11-18/h8-10,13,18H,6-7,11-12H2,1-5H3. The van der Waals surface area contributed by atoms with Crippen LogP contribution in [0.15, 0.2) is 24.3 Å². The summed E-state index contributed by atoms with van der Waals surface area (Å²) in [5.74, 6) is 0.370. The average molecular weight is 324 g/mol. The van der Waals surface area contributed by atoms with E-state index >= 15 is 0 Å². The number of unbranched alkanes of at least 4 members (excludes halogenated alkanes) is 1. The first-order chi connectivity index (χ1) is 10.2. The van der Waals surface area contributed by atoms with Crippen LogP contribution in [0.3, 0.4) is 0 Å². The van der Waals surface area contributed by atoms with Gasteiger partial charge >= 0.3 is 5.97 Å². The molecule has 1 aromatic carbocycles. The van der Waals surface area contributed by atoms with Crippen LogP contribution in [-0.2, 0) is 4.74 Å². The van der Waals surface area contributed by atoms with E-state index in [1.807, 2.05) is 12.1 Å². The molecule has 0 fully saturated rings. The first-order valence-corrected chi connectivity index (χ1v) is 10.7. The van der Waals surface area contributed by atoms with Crippen molar-refractivity contribution in [1.82, 2.24) is 0 Å². The van der Waals surface area contributed by atoms with E-state index in [0.717, 1.165) is 5.75 Å². The average Bonchev–Trinajstić information content (AvgIpc) is 2.42. The first kappa shape index (κ1) is 18.7. The number of benzene rings is 1.